The number of rotatable bonds is 11. The number of halogens is 1. The van der Waals surface area contributed by atoms with Crippen molar-refractivity contribution >= 4 is 45.7 Å². The Labute approximate surface area is 227 Å². The van der Waals surface area contributed by atoms with E-state index in [2.05, 4.69) is 27.1 Å². The van der Waals surface area contributed by atoms with Gasteiger partial charge in [-0.1, -0.05) is 41.6 Å². The molecule has 0 fully saturated rings. The molecule has 4 rings (SSSR count). The maximum atomic E-state index is 12.7. The third-order valence-corrected chi connectivity index (χ3v) is 7.15. The van der Waals surface area contributed by atoms with Gasteiger partial charge in [0.2, 0.25) is 11.7 Å². The van der Waals surface area contributed by atoms with Gasteiger partial charge in [0, 0.05) is 28.1 Å². The van der Waals surface area contributed by atoms with E-state index in [9.17, 15) is 4.79 Å². The monoisotopic (exact) mass is 557 g/mol. The van der Waals surface area contributed by atoms with Crippen molar-refractivity contribution in [1.29, 1.82) is 0 Å². The molecule has 0 bridgehead atoms. The van der Waals surface area contributed by atoms with Gasteiger partial charge >= 0.3 is 0 Å². The molecule has 2 heterocycles. The third kappa shape index (κ3) is 6.07. The van der Waals surface area contributed by atoms with E-state index in [0.29, 0.717) is 44.9 Å². The average molecular weight is 558 g/mol. The van der Waals surface area contributed by atoms with Crippen molar-refractivity contribution in [2.45, 2.75) is 11.7 Å². The van der Waals surface area contributed by atoms with Gasteiger partial charge < -0.3 is 19.5 Å². The Morgan fingerprint density at radius 2 is 1.81 bits per heavy atom. The van der Waals surface area contributed by atoms with Gasteiger partial charge in [0.25, 0.3) is 0 Å². The second kappa shape index (κ2) is 12.1. The molecule has 0 aliphatic carbocycles. The lowest BCUT2D eigenvalue weighted by atomic mass is 10.1. The second-order valence-electron chi connectivity index (χ2n) is 7.50. The Morgan fingerprint density at radius 1 is 1.11 bits per heavy atom. The molecule has 0 atom stereocenters. The summed E-state index contributed by atoms with van der Waals surface area (Å²) >= 11 is 8.58. The number of nitrogens with zero attached hydrogens (tertiary/aromatic N) is 4. The number of carbonyl (C=O) groups is 1. The summed E-state index contributed by atoms with van der Waals surface area (Å²) in [6.45, 7) is 4.29. The zero-order valence-electron chi connectivity index (χ0n) is 20.4. The van der Waals surface area contributed by atoms with Crippen LogP contribution in [0.3, 0.4) is 0 Å². The molecular weight excluding hydrogens is 534 g/mol. The van der Waals surface area contributed by atoms with E-state index in [1.807, 2.05) is 22.1 Å². The Bertz CT molecular complexity index is 1380. The van der Waals surface area contributed by atoms with Gasteiger partial charge in [-0.15, -0.1) is 28.1 Å². The first kappa shape index (κ1) is 26.5. The highest BCUT2D eigenvalue weighted by atomic mass is 35.5. The van der Waals surface area contributed by atoms with Gasteiger partial charge in [0.05, 0.1) is 32.8 Å². The molecule has 1 N–H and O–H groups in total. The summed E-state index contributed by atoms with van der Waals surface area (Å²) in [5.41, 5.74) is 2.41. The molecular formula is C25H24ClN5O4S2. The Hall–Kier alpha value is -3.54. The first-order chi connectivity index (χ1) is 18.0. The van der Waals surface area contributed by atoms with E-state index in [4.69, 9.17) is 25.8 Å². The van der Waals surface area contributed by atoms with Crippen LogP contribution in [0.15, 0.2) is 59.6 Å². The van der Waals surface area contributed by atoms with Crippen LogP contribution in [-0.4, -0.2) is 52.7 Å². The first-order valence-electron chi connectivity index (χ1n) is 11.0. The molecule has 0 aliphatic heterocycles. The maximum absolute atomic E-state index is 12.7. The van der Waals surface area contributed by atoms with Crippen molar-refractivity contribution < 1.29 is 19.0 Å². The molecule has 0 radical (unpaired) electrons. The van der Waals surface area contributed by atoms with Crippen LogP contribution in [0.2, 0.25) is 5.02 Å². The quantitative estimate of drug-likeness (QED) is 0.186. The van der Waals surface area contributed by atoms with Crippen LogP contribution >= 0.6 is 34.7 Å². The number of amides is 1. The predicted molar refractivity (Wildman–Crippen MR) is 147 cm³/mol. The highest BCUT2D eigenvalue weighted by Gasteiger charge is 2.20. The van der Waals surface area contributed by atoms with E-state index in [-0.39, 0.29) is 11.7 Å². The molecule has 9 nitrogen and oxygen atoms in total. The minimum Gasteiger partial charge on any atom is -0.493 e. The highest BCUT2D eigenvalue weighted by molar-refractivity contribution is 7.99. The van der Waals surface area contributed by atoms with Gasteiger partial charge in [0.1, 0.15) is 0 Å². The predicted octanol–water partition coefficient (Wildman–Crippen LogP) is 5.66. The fourth-order valence-electron chi connectivity index (χ4n) is 3.48. The van der Waals surface area contributed by atoms with Crippen molar-refractivity contribution in [3.63, 3.8) is 0 Å². The van der Waals surface area contributed by atoms with Crippen molar-refractivity contribution in [3.05, 3.63) is 59.5 Å². The molecule has 12 heteroatoms. The number of hydrogen-bond donors (Lipinski definition) is 1. The fraction of sp³-hybridized carbons (Fsp3) is 0.200. The maximum Gasteiger partial charge on any atom is 0.236 e. The van der Waals surface area contributed by atoms with Crippen LogP contribution in [0.1, 0.15) is 0 Å². The molecule has 1 amide bonds. The molecule has 2 aromatic heterocycles. The SMILES string of the molecule is C=CCn1c(SCC(=O)Nc2nc(-c3ccc(Cl)cc3)cs2)nnc1-c1cc(OC)c(OC)c(OC)c1. The summed E-state index contributed by atoms with van der Waals surface area (Å²) in [6, 6.07) is 11.0. The summed E-state index contributed by atoms with van der Waals surface area (Å²) < 4.78 is 18.2. The summed E-state index contributed by atoms with van der Waals surface area (Å²) in [5.74, 6) is 1.98. The number of benzene rings is 2. The minimum absolute atomic E-state index is 0.125. The summed E-state index contributed by atoms with van der Waals surface area (Å²) in [6.07, 6.45) is 1.74. The smallest absolute Gasteiger partial charge is 0.236 e. The minimum atomic E-state index is -0.204. The van der Waals surface area contributed by atoms with E-state index < -0.39 is 0 Å². The van der Waals surface area contributed by atoms with Gasteiger partial charge in [-0.05, 0) is 24.3 Å². The van der Waals surface area contributed by atoms with E-state index in [1.54, 1.807) is 51.7 Å². The number of allylic oxidation sites excluding steroid dienone is 1. The number of nitrogens with one attached hydrogen (secondary N) is 1. The van der Waals surface area contributed by atoms with Gasteiger partial charge in [-0.3, -0.25) is 9.36 Å². The fourth-order valence-corrected chi connectivity index (χ4v) is 5.09. The average Bonchev–Trinajstić information content (AvgIpc) is 3.54. The molecule has 0 saturated carbocycles. The zero-order chi connectivity index (χ0) is 26.4. The largest absolute Gasteiger partial charge is 0.493 e. The van der Waals surface area contributed by atoms with Crippen LogP contribution < -0.4 is 19.5 Å². The molecule has 37 heavy (non-hydrogen) atoms. The number of thiazole rings is 1. The van der Waals surface area contributed by atoms with E-state index >= 15 is 0 Å². The van der Waals surface area contributed by atoms with Crippen LogP contribution in [0.5, 0.6) is 17.2 Å². The normalized spacial score (nSPS) is 10.7. The number of methoxy groups -OCH3 is 3. The molecule has 2 aromatic carbocycles. The Kier molecular flexibility index (Phi) is 8.70. The zero-order valence-corrected chi connectivity index (χ0v) is 22.7. The van der Waals surface area contributed by atoms with E-state index in [1.165, 1.54) is 23.1 Å². The number of thioether (sulfide) groups is 1. The topological polar surface area (TPSA) is 100 Å². The lowest BCUT2D eigenvalue weighted by Gasteiger charge is -2.14. The van der Waals surface area contributed by atoms with Crippen LogP contribution in [-0.2, 0) is 11.3 Å². The van der Waals surface area contributed by atoms with Crippen molar-refractivity contribution in [3.8, 4) is 39.9 Å². The number of anilines is 1. The molecule has 0 unspecified atom stereocenters. The number of hydrogen-bond acceptors (Lipinski definition) is 9. The lowest BCUT2D eigenvalue weighted by Crippen LogP contribution is -2.14. The molecule has 0 saturated heterocycles. The first-order valence-corrected chi connectivity index (χ1v) is 13.2. The summed E-state index contributed by atoms with van der Waals surface area (Å²) in [5, 5.41) is 15.1. The molecule has 0 aliphatic rings. The van der Waals surface area contributed by atoms with Gasteiger partial charge in [-0.25, -0.2) is 4.98 Å². The molecule has 192 valence electrons. The Morgan fingerprint density at radius 3 is 2.43 bits per heavy atom. The van der Waals surface area contributed by atoms with Gasteiger partial charge in [-0.2, -0.15) is 0 Å². The number of carbonyl (C=O) groups excluding carboxylic acids is 1. The Balaban J connectivity index is 1.48. The number of ether oxygens (including phenoxy) is 3. The standard InChI is InChI=1S/C25H24ClN5O4S2/c1-5-10-31-23(16-11-19(33-2)22(35-4)20(12-16)34-3)29-30-25(31)37-14-21(32)28-24-27-18(13-36-24)15-6-8-17(26)9-7-15/h5-9,11-13H,1,10,14H2,2-4H3,(H,27,28,32). The lowest BCUT2D eigenvalue weighted by molar-refractivity contribution is -0.113. The van der Waals surface area contributed by atoms with Crippen LogP contribution in [0.25, 0.3) is 22.6 Å². The summed E-state index contributed by atoms with van der Waals surface area (Å²) in [4.78, 5) is 17.1. The highest BCUT2D eigenvalue weighted by Crippen LogP contribution is 2.41. The van der Waals surface area contributed by atoms with Crippen LogP contribution in [0, 0.1) is 0 Å². The van der Waals surface area contributed by atoms with Crippen molar-refractivity contribution in [2.24, 2.45) is 0 Å². The molecule has 4 aromatic rings. The van der Waals surface area contributed by atoms with Crippen molar-refractivity contribution in [1.82, 2.24) is 19.7 Å². The van der Waals surface area contributed by atoms with Crippen LogP contribution in [0.4, 0.5) is 5.13 Å². The van der Waals surface area contributed by atoms with E-state index in [0.717, 1.165) is 16.8 Å². The van der Waals surface area contributed by atoms with Gasteiger partial charge in [0.15, 0.2) is 27.6 Å². The molecule has 0 spiro atoms. The number of aromatic nitrogens is 4. The third-order valence-electron chi connectivity index (χ3n) is 5.17. The second-order valence-corrected chi connectivity index (χ2v) is 9.74. The summed E-state index contributed by atoms with van der Waals surface area (Å²) in [7, 11) is 4.65. The van der Waals surface area contributed by atoms with Crippen molar-refractivity contribution in [2.75, 3.05) is 32.4 Å².